The van der Waals surface area contributed by atoms with E-state index in [0.29, 0.717) is 67.3 Å². The number of carbonyl (C=O) groups is 2. The van der Waals surface area contributed by atoms with Gasteiger partial charge in [-0.2, -0.15) is 0 Å². The van der Waals surface area contributed by atoms with Crippen LogP contribution in [0.3, 0.4) is 0 Å². The number of likely N-dealkylation sites (tertiary alicyclic amines) is 1. The molecule has 0 aliphatic carbocycles. The number of benzene rings is 1. The molecule has 0 saturated carbocycles. The Kier molecular flexibility index (Phi) is 9.24. The molecule has 2 aromatic heterocycles. The lowest BCUT2D eigenvalue weighted by Gasteiger charge is -2.39. The van der Waals surface area contributed by atoms with Crippen LogP contribution in [0.4, 0.5) is 5.82 Å². The molecule has 13 heteroatoms. The number of hydrogen-bond acceptors (Lipinski definition) is 10. The fourth-order valence-corrected chi connectivity index (χ4v) is 5.33. The Hall–Kier alpha value is -3.74. The van der Waals surface area contributed by atoms with Crippen LogP contribution in [0.5, 0.6) is 5.75 Å². The molecule has 0 unspecified atom stereocenters. The molecule has 5 rings (SSSR count). The molecular formula is C29H36ClN7O5. The van der Waals surface area contributed by atoms with Gasteiger partial charge in [-0.3, -0.25) is 14.5 Å². The lowest BCUT2D eigenvalue weighted by Crippen LogP contribution is -2.56. The highest BCUT2D eigenvalue weighted by atomic mass is 35.5. The van der Waals surface area contributed by atoms with Crippen LogP contribution in [0.25, 0.3) is 0 Å². The van der Waals surface area contributed by atoms with Crippen LogP contribution in [-0.4, -0.2) is 86.5 Å². The van der Waals surface area contributed by atoms with Crippen LogP contribution in [0.15, 0.2) is 35.2 Å². The summed E-state index contributed by atoms with van der Waals surface area (Å²) in [6.07, 6.45) is 2.90. The number of oxazole rings is 1. The van der Waals surface area contributed by atoms with Gasteiger partial charge in [0.1, 0.15) is 29.7 Å². The van der Waals surface area contributed by atoms with Crippen LogP contribution in [0.2, 0.25) is 5.02 Å². The summed E-state index contributed by atoms with van der Waals surface area (Å²) >= 11 is 6.65. The van der Waals surface area contributed by atoms with Gasteiger partial charge in [0.2, 0.25) is 5.91 Å². The molecule has 2 aliphatic heterocycles. The van der Waals surface area contributed by atoms with Gasteiger partial charge in [-0.1, -0.05) is 31.5 Å². The maximum absolute atomic E-state index is 13.0. The van der Waals surface area contributed by atoms with E-state index in [9.17, 15) is 14.7 Å². The number of amides is 2. The predicted molar refractivity (Wildman–Crippen MR) is 155 cm³/mol. The molecule has 1 atom stereocenters. The van der Waals surface area contributed by atoms with Crippen molar-refractivity contribution in [1.82, 2.24) is 30.1 Å². The number of ether oxygens (including phenoxy) is 1. The van der Waals surface area contributed by atoms with Crippen LogP contribution < -0.4 is 15.4 Å². The molecule has 1 aromatic carbocycles. The minimum absolute atomic E-state index is 0.0189. The molecule has 0 bridgehead atoms. The molecule has 2 aliphatic rings. The van der Waals surface area contributed by atoms with Gasteiger partial charge < -0.3 is 29.8 Å². The summed E-state index contributed by atoms with van der Waals surface area (Å²) in [7, 11) is 0. The van der Waals surface area contributed by atoms with Gasteiger partial charge in [0.25, 0.3) is 5.91 Å². The lowest BCUT2D eigenvalue weighted by atomic mass is 9.99. The summed E-state index contributed by atoms with van der Waals surface area (Å²) in [5.41, 5.74) is 2.35. The average Bonchev–Trinajstić information content (AvgIpc) is 3.46. The molecule has 2 amide bonds. The van der Waals surface area contributed by atoms with Gasteiger partial charge in [0.05, 0.1) is 23.4 Å². The normalized spacial score (nSPS) is 16.1. The quantitative estimate of drug-likeness (QED) is 0.301. The van der Waals surface area contributed by atoms with Gasteiger partial charge in [0, 0.05) is 58.2 Å². The molecule has 42 heavy (non-hydrogen) atoms. The Labute approximate surface area is 249 Å². The predicted octanol–water partition coefficient (Wildman–Crippen LogP) is 2.61. The first-order valence-corrected chi connectivity index (χ1v) is 14.4. The zero-order valence-electron chi connectivity index (χ0n) is 24.0. The number of aliphatic hydroxyl groups excluding tert-OH is 1. The number of fused-ring (bicyclic) bond motifs is 1. The third-order valence-electron chi connectivity index (χ3n) is 7.37. The van der Waals surface area contributed by atoms with E-state index < -0.39 is 6.10 Å². The number of carbonyl (C=O) groups excluding carboxylic acids is 2. The Bertz CT molecular complexity index is 1410. The molecule has 0 spiro atoms. The van der Waals surface area contributed by atoms with Crippen molar-refractivity contribution >= 4 is 29.2 Å². The first-order valence-electron chi connectivity index (χ1n) is 14.1. The van der Waals surface area contributed by atoms with E-state index in [0.717, 1.165) is 11.1 Å². The Balaban J connectivity index is 1.13. The fraction of sp³-hybridized carbons (Fsp3) is 0.483. The van der Waals surface area contributed by atoms with Crippen molar-refractivity contribution in [2.45, 2.75) is 58.4 Å². The molecule has 3 N–H and O–H groups in total. The van der Waals surface area contributed by atoms with Crippen LogP contribution in [0, 0.1) is 0 Å². The van der Waals surface area contributed by atoms with Crippen molar-refractivity contribution < 1.29 is 23.8 Å². The van der Waals surface area contributed by atoms with E-state index >= 15 is 0 Å². The van der Waals surface area contributed by atoms with Crippen molar-refractivity contribution in [3.8, 4) is 5.75 Å². The Morgan fingerprint density at radius 1 is 1.26 bits per heavy atom. The third-order valence-corrected chi connectivity index (χ3v) is 7.78. The second-order valence-electron chi connectivity index (χ2n) is 11.0. The van der Waals surface area contributed by atoms with Gasteiger partial charge in [-0.15, -0.1) is 0 Å². The number of rotatable bonds is 11. The van der Waals surface area contributed by atoms with E-state index in [1.54, 1.807) is 24.1 Å². The summed E-state index contributed by atoms with van der Waals surface area (Å²) < 4.78 is 11.0. The highest BCUT2D eigenvalue weighted by molar-refractivity contribution is 6.33. The van der Waals surface area contributed by atoms with E-state index in [4.69, 9.17) is 20.8 Å². The maximum Gasteiger partial charge on any atom is 0.270 e. The van der Waals surface area contributed by atoms with E-state index in [1.807, 2.05) is 26.0 Å². The van der Waals surface area contributed by atoms with E-state index in [-0.39, 0.29) is 42.6 Å². The summed E-state index contributed by atoms with van der Waals surface area (Å²) in [6, 6.07) is 5.52. The maximum atomic E-state index is 13.0. The average molecular weight is 598 g/mol. The molecule has 4 heterocycles. The Morgan fingerprint density at radius 2 is 2.07 bits per heavy atom. The zero-order valence-corrected chi connectivity index (χ0v) is 24.7. The fourth-order valence-electron chi connectivity index (χ4n) is 4.99. The minimum atomic E-state index is -0.771. The summed E-state index contributed by atoms with van der Waals surface area (Å²) in [5.74, 6) is 1.98. The first-order chi connectivity index (χ1) is 20.2. The molecule has 3 aromatic rings. The second-order valence-corrected chi connectivity index (χ2v) is 11.4. The van der Waals surface area contributed by atoms with Crippen LogP contribution in [-0.2, 0) is 24.4 Å². The number of aromatic nitrogens is 3. The monoisotopic (exact) mass is 597 g/mol. The molecule has 1 saturated heterocycles. The van der Waals surface area contributed by atoms with Gasteiger partial charge >= 0.3 is 0 Å². The number of halogens is 1. The number of anilines is 1. The highest BCUT2D eigenvalue weighted by Gasteiger charge is 2.29. The largest absolute Gasteiger partial charge is 0.484 e. The van der Waals surface area contributed by atoms with E-state index in [1.165, 1.54) is 6.39 Å². The molecular weight excluding hydrogens is 562 g/mol. The number of nitrogens with one attached hydrogen (secondary N) is 2. The lowest BCUT2D eigenvalue weighted by molar-refractivity contribution is -0.132. The van der Waals surface area contributed by atoms with Crippen molar-refractivity contribution in [2.24, 2.45) is 0 Å². The smallest absolute Gasteiger partial charge is 0.270 e. The Morgan fingerprint density at radius 3 is 2.79 bits per heavy atom. The first kappa shape index (κ1) is 29.7. The summed E-state index contributed by atoms with van der Waals surface area (Å²) in [5, 5.41) is 17.4. The van der Waals surface area contributed by atoms with Gasteiger partial charge in [0.15, 0.2) is 12.2 Å². The second kappa shape index (κ2) is 13.1. The van der Waals surface area contributed by atoms with Crippen molar-refractivity contribution in [1.29, 1.82) is 0 Å². The van der Waals surface area contributed by atoms with Gasteiger partial charge in [-0.05, 0) is 23.6 Å². The van der Waals surface area contributed by atoms with E-state index in [2.05, 4.69) is 30.5 Å². The minimum Gasteiger partial charge on any atom is -0.484 e. The topological polar surface area (TPSA) is 146 Å². The molecule has 1 fully saturated rings. The SMILES string of the molecule is CC(=O)N1CC(Nc2cc(C(=O)NC[C@H](O)CN3CCc4c(ccc(OCc5cnco5)c4Cl)C3)nc(C(C)C)n2)C1. The van der Waals surface area contributed by atoms with Crippen molar-refractivity contribution in [3.05, 3.63) is 64.2 Å². The number of β-amino-alcohol motifs (C(OH)–C–C–N with tert-alkyl or cyclic N) is 1. The molecule has 224 valence electrons. The standard InChI is InChI=1S/C29H36ClN7O5/c1-17(2)28-34-24(8-26(35-28)33-20-12-37(13-20)18(3)38)29(40)32-9-21(39)14-36-7-6-23-19(11-36)4-5-25(27(23)30)41-15-22-10-31-16-42-22/h4-5,8,10,16-17,20-21,39H,6-7,9,11-15H2,1-3H3,(H,32,40)(H,33,34,35)/t21-/m0/s1. The molecule has 12 nitrogen and oxygen atoms in total. The highest BCUT2D eigenvalue weighted by Crippen LogP contribution is 2.34. The van der Waals surface area contributed by atoms with Gasteiger partial charge in [-0.25, -0.2) is 15.0 Å². The number of aliphatic hydroxyl groups is 1. The third kappa shape index (κ3) is 7.18. The summed E-state index contributed by atoms with van der Waals surface area (Å²) in [4.78, 5) is 41.2. The van der Waals surface area contributed by atoms with Crippen molar-refractivity contribution in [3.63, 3.8) is 0 Å². The molecule has 0 radical (unpaired) electrons. The number of nitrogens with zero attached hydrogens (tertiary/aromatic N) is 5. The zero-order chi connectivity index (χ0) is 29.8. The number of hydrogen-bond donors (Lipinski definition) is 3. The van der Waals surface area contributed by atoms with Crippen molar-refractivity contribution in [2.75, 3.05) is 38.0 Å². The van der Waals surface area contributed by atoms with Crippen LogP contribution in [0.1, 0.15) is 59.9 Å². The van der Waals surface area contributed by atoms with Crippen LogP contribution >= 0.6 is 11.6 Å². The summed E-state index contributed by atoms with van der Waals surface area (Å²) in [6.45, 7) is 8.71.